The average Bonchev–Trinajstić information content (AvgIpc) is 3.40. The van der Waals surface area contributed by atoms with E-state index in [9.17, 15) is 9.59 Å². The highest BCUT2D eigenvalue weighted by atomic mass is 16.6. The molecule has 0 unspecified atom stereocenters. The Hall–Kier alpha value is -2.28. The predicted octanol–water partition coefficient (Wildman–Crippen LogP) is 3.03. The summed E-state index contributed by atoms with van der Waals surface area (Å²) in [6.45, 7) is 6.74. The summed E-state index contributed by atoms with van der Waals surface area (Å²) in [5, 5.41) is 0. The molecule has 30 heavy (non-hydrogen) atoms. The monoisotopic (exact) mass is 415 g/mol. The maximum Gasteiger partial charge on any atom is 0.343 e. The summed E-state index contributed by atoms with van der Waals surface area (Å²) in [6.07, 6.45) is 5.90. The number of carbonyl (C=O) groups excluding carboxylic acids is 2. The Balaban J connectivity index is 1.44. The highest BCUT2D eigenvalue weighted by Gasteiger charge is 2.52. The molecular formula is C23H29NO6. The minimum atomic E-state index is -0.383. The minimum Gasteiger partial charge on any atom is -0.492 e. The van der Waals surface area contributed by atoms with Crippen LogP contribution in [0.25, 0.3) is 0 Å². The van der Waals surface area contributed by atoms with Crippen molar-refractivity contribution in [3.8, 4) is 0 Å². The molecule has 3 saturated heterocycles. The fraction of sp³-hybridized carbons (Fsp3) is 0.652. The third-order valence-electron chi connectivity index (χ3n) is 7.43. The van der Waals surface area contributed by atoms with E-state index in [1.807, 2.05) is 6.92 Å². The average molecular weight is 415 g/mol. The molecule has 0 spiro atoms. The van der Waals surface area contributed by atoms with E-state index >= 15 is 0 Å². The number of nitrogens with zero attached hydrogens (tertiary/aromatic N) is 1. The van der Waals surface area contributed by atoms with Crippen LogP contribution in [-0.2, 0) is 28.5 Å². The summed E-state index contributed by atoms with van der Waals surface area (Å²) in [7, 11) is 1.55. The number of fused-ring (bicyclic) bond motifs is 3. The van der Waals surface area contributed by atoms with E-state index in [0.717, 1.165) is 38.0 Å². The molecule has 5 aliphatic rings. The zero-order valence-corrected chi connectivity index (χ0v) is 18.0. The summed E-state index contributed by atoms with van der Waals surface area (Å²) in [5.74, 6) is 2.31. The van der Waals surface area contributed by atoms with Crippen molar-refractivity contribution in [1.29, 1.82) is 0 Å². The number of ether oxygens (including phenoxy) is 4. The molecule has 0 bridgehead atoms. The van der Waals surface area contributed by atoms with Gasteiger partial charge in [-0.15, -0.1) is 0 Å². The number of allylic oxidation sites excluding steroid dienone is 1. The zero-order valence-electron chi connectivity index (χ0n) is 18.0. The minimum absolute atomic E-state index is 0.0145. The second kappa shape index (κ2) is 7.15. The van der Waals surface area contributed by atoms with E-state index in [1.165, 1.54) is 0 Å². The number of esters is 2. The van der Waals surface area contributed by atoms with Crippen molar-refractivity contribution in [3.05, 3.63) is 34.7 Å². The fourth-order valence-electron chi connectivity index (χ4n) is 5.92. The summed E-state index contributed by atoms with van der Waals surface area (Å²) >= 11 is 0. The molecule has 0 aromatic heterocycles. The van der Waals surface area contributed by atoms with E-state index in [2.05, 4.69) is 17.9 Å². The molecule has 7 heteroatoms. The van der Waals surface area contributed by atoms with E-state index < -0.39 is 0 Å². The molecule has 6 atom stereocenters. The van der Waals surface area contributed by atoms with E-state index in [0.29, 0.717) is 28.9 Å². The maximum atomic E-state index is 12.1. The highest BCUT2D eigenvalue weighted by Crippen LogP contribution is 2.50. The van der Waals surface area contributed by atoms with Gasteiger partial charge in [0.15, 0.2) is 11.5 Å². The number of hydrogen-bond donors (Lipinski definition) is 0. The Kier molecular flexibility index (Phi) is 4.69. The molecule has 5 heterocycles. The van der Waals surface area contributed by atoms with Gasteiger partial charge in [-0.25, -0.2) is 4.79 Å². The van der Waals surface area contributed by atoms with Crippen molar-refractivity contribution in [2.75, 3.05) is 13.7 Å². The van der Waals surface area contributed by atoms with Gasteiger partial charge < -0.3 is 18.9 Å². The summed E-state index contributed by atoms with van der Waals surface area (Å²) < 4.78 is 23.0. The van der Waals surface area contributed by atoms with Crippen LogP contribution in [0.3, 0.4) is 0 Å². The van der Waals surface area contributed by atoms with Gasteiger partial charge >= 0.3 is 11.9 Å². The molecule has 0 N–H and O–H groups in total. The Morgan fingerprint density at radius 1 is 1.13 bits per heavy atom. The Morgan fingerprint density at radius 3 is 2.60 bits per heavy atom. The number of hydrogen-bond acceptors (Lipinski definition) is 7. The van der Waals surface area contributed by atoms with Crippen molar-refractivity contribution in [3.63, 3.8) is 0 Å². The molecule has 0 amide bonds. The first-order chi connectivity index (χ1) is 14.4. The number of cyclic esters (lactones) is 2. The Bertz CT molecular complexity index is 886. The smallest absolute Gasteiger partial charge is 0.343 e. The lowest BCUT2D eigenvalue weighted by Crippen LogP contribution is -2.45. The zero-order chi connectivity index (χ0) is 21.2. The van der Waals surface area contributed by atoms with E-state index in [-0.39, 0.29) is 41.8 Å². The topological polar surface area (TPSA) is 74.3 Å². The second-order valence-corrected chi connectivity index (χ2v) is 9.11. The number of carbonyl (C=O) groups is 2. The molecule has 5 rings (SSSR count). The molecular weight excluding hydrogens is 386 g/mol. The first kappa shape index (κ1) is 19.7. The van der Waals surface area contributed by atoms with Gasteiger partial charge in [-0.1, -0.05) is 13.8 Å². The van der Waals surface area contributed by atoms with Crippen LogP contribution in [0, 0.1) is 17.8 Å². The number of methoxy groups -OCH3 is 1. The lowest BCUT2D eigenvalue weighted by molar-refractivity contribution is -0.146. The Labute approximate surface area is 176 Å². The van der Waals surface area contributed by atoms with Crippen molar-refractivity contribution < 1.29 is 28.5 Å². The van der Waals surface area contributed by atoms with Crippen LogP contribution < -0.4 is 0 Å². The standard InChI is InChI=1S/C23H29NO6/c1-11-10-17(29-22(11)25)14-7-8-15-18-12(2)20(28-16(18)6-5-9-24(14)15)21-19(27-4)13(3)23(26)30-21/h6,11-12,14-15,17-18H,5,7-10H2,1-4H3/b21-20-/t11-,12-,14-,15-,17-,18+/m0/s1. The molecule has 0 aromatic carbocycles. The highest BCUT2D eigenvalue weighted by molar-refractivity contribution is 5.93. The molecule has 0 aliphatic carbocycles. The van der Waals surface area contributed by atoms with E-state index in [1.54, 1.807) is 14.0 Å². The number of rotatable bonds is 2. The van der Waals surface area contributed by atoms with Crippen LogP contribution >= 0.6 is 0 Å². The van der Waals surface area contributed by atoms with Crippen molar-refractivity contribution in [2.24, 2.45) is 17.8 Å². The lowest BCUT2D eigenvalue weighted by atomic mass is 9.85. The van der Waals surface area contributed by atoms with Gasteiger partial charge in [0.25, 0.3) is 0 Å². The lowest BCUT2D eigenvalue weighted by Gasteiger charge is -2.34. The SMILES string of the molecule is COC1=C(C)C(=O)O/C1=C1\OC2=CCCN3[C@@H](CC[C@H]3[C@@H]3C[C@H](C)C(=O)O3)[C@H]2[C@@H]1C. The maximum absolute atomic E-state index is 12.1. The van der Waals surface area contributed by atoms with Crippen LogP contribution in [0.4, 0.5) is 0 Å². The summed E-state index contributed by atoms with van der Waals surface area (Å²) in [4.78, 5) is 26.6. The molecule has 7 nitrogen and oxygen atoms in total. The van der Waals surface area contributed by atoms with Gasteiger partial charge in [0.2, 0.25) is 5.76 Å². The van der Waals surface area contributed by atoms with Crippen LogP contribution in [0.15, 0.2) is 34.7 Å². The Morgan fingerprint density at radius 2 is 1.90 bits per heavy atom. The van der Waals surface area contributed by atoms with Gasteiger partial charge in [0.1, 0.15) is 11.9 Å². The molecule has 162 valence electrons. The predicted molar refractivity (Wildman–Crippen MR) is 106 cm³/mol. The first-order valence-electron chi connectivity index (χ1n) is 11.0. The molecule has 0 radical (unpaired) electrons. The van der Waals surface area contributed by atoms with Gasteiger partial charge in [0, 0.05) is 30.5 Å². The first-order valence-corrected chi connectivity index (χ1v) is 11.0. The third-order valence-corrected chi connectivity index (χ3v) is 7.43. The van der Waals surface area contributed by atoms with Crippen LogP contribution in [0.2, 0.25) is 0 Å². The van der Waals surface area contributed by atoms with Crippen LogP contribution in [-0.4, -0.2) is 48.7 Å². The van der Waals surface area contributed by atoms with Crippen molar-refractivity contribution in [2.45, 2.75) is 64.6 Å². The largest absolute Gasteiger partial charge is 0.492 e. The molecule has 0 aromatic rings. The van der Waals surface area contributed by atoms with Gasteiger partial charge in [0.05, 0.1) is 18.6 Å². The van der Waals surface area contributed by atoms with Crippen molar-refractivity contribution >= 4 is 11.9 Å². The third kappa shape index (κ3) is 2.82. The van der Waals surface area contributed by atoms with Gasteiger partial charge in [-0.3, -0.25) is 9.69 Å². The van der Waals surface area contributed by atoms with Gasteiger partial charge in [-0.2, -0.15) is 0 Å². The van der Waals surface area contributed by atoms with Crippen LogP contribution in [0.5, 0.6) is 0 Å². The molecule has 3 fully saturated rings. The van der Waals surface area contributed by atoms with Gasteiger partial charge in [-0.05, 0) is 38.7 Å². The van der Waals surface area contributed by atoms with Crippen molar-refractivity contribution in [1.82, 2.24) is 4.90 Å². The summed E-state index contributed by atoms with van der Waals surface area (Å²) in [6, 6.07) is 0.584. The fourth-order valence-corrected chi connectivity index (χ4v) is 5.92. The molecule has 5 aliphatic heterocycles. The summed E-state index contributed by atoms with van der Waals surface area (Å²) in [5.41, 5.74) is 0.469. The second-order valence-electron chi connectivity index (χ2n) is 9.11. The quantitative estimate of drug-likeness (QED) is 0.642. The molecule has 0 saturated carbocycles. The van der Waals surface area contributed by atoms with Crippen LogP contribution in [0.1, 0.15) is 46.5 Å². The van der Waals surface area contributed by atoms with E-state index in [4.69, 9.17) is 18.9 Å². The normalized spacial score (nSPS) is 41.1.